The SMILES string of the molecule is COCc1cccc(Cn2cc(-c3cc(-c4cccc(F)c4F)nc(N)n3)nn2)n1. The van der Waals surface area contributed by atoms with E-state index in [0.717, 1.165) is 17.5 Å². The molecule has 0 aliphatic carbocycles. The molecule has 10 heteroatoms. The van der Waals surface area contributed by atoms with Crippen molar-refractivity contribution in [2.24, 2.45) is 0 Å². The zero-order valence-corrected chi connectivity index (χ0v) is 16.0. The van der Waals surface area contributed by atoms with Crippen LogP contribution in [0.5, 0.6) is 0 Å². The fourth-order valence-corrected chi connectivity index (χ4v) is 2.94. The summed E-state index contributed by atoms with van der Waals surface area (Å²) in [5.74, 6) is -2.07. The van der Waals surface area contributed by atoms with Gasteiger partial charge >= 0.3 is 0 Å². The maximum Gasteiger partial charge on any atom is 0.221 e. The summed E-state index contributed by atoms with van der Waals surface area (Å²) in [6.07, 6.45) is 1.66. The molecule has 0 saturated heterocycles. The summed E-state index contributed by atoms with van der Waals surface area (Å²) in [7, 11) is 1.61. The molecule has 1 aromatic carbocycles. The number of ether oxygens (including phenoxy) is 1. The lowest BCUT2D eigenvalue weighted by Crippen LogP contribution is -2.04. The molecule has 2 N–H and O–H groups in total. The zero-order chi connectivity index (χ0) is 21.1. The van der Waals surface area contributed by atoms with Gasteiger partial charge in [-0.05, 0) is 30.3 Å². The fourth-order valence-electron chi connectivity index (χ4n) is 2.94. The number of halogens is 2. The molecule has 4 rings (SSSR count). The second-order valence-corrected chi connectivity index (χ2v) is 6.45. The lowest BCUT2D eigenvalue weighted by Gasteiger charge is -2.06. The first kappa shape index (κ1) is 19.5. The molecule has 0 fully saturated rings. The summed E-state index contributed by atoms with van der Waals surface area (Å²) >= 11 is 0. The van der Waals surface area contributed by atoms with Gasteiger partial charge in [0.25, 0.3) is 0 Å². The molecule has 3 heterocycles. The predicted octanol–water partition coefficient (Wildman–Crippen LogP) is 2.85. The number of pyridine rings is 1. The monoisotopic (exact) mass is 409 g/mol. The molecule has 0 aliphatic rings. The quantitative estimate of drug-likeness (QED) is 0.522. The Kier molecular flexibility index (Phi) is 5.40. The van der Waals surface area contributed by atoms with Crippen LogP contribution < -0.4 is 5.73 Å². The van der Waals surface area contributed by atoms with Gasteiger partial charge in [-0.2, -0.15) is 0 Å². The molecule has 0 saturated carbocycles. The van der Waals surface area contributed by atoms with Gasteiger partial charge in [-0.1, -0.05) is 17.3 Å². The number of methoxy groups -OCH3 is 1. The van der Waals surface area contributed by atoms with Crippen molar-refractivity contribution >= 4 is 5.95 Å². The van der Waals surface area contributed by atoms with E-state index >= 15 is 0 Å². The van der Waals surface area contributed by atoms with E-state index in [1.807, 2.05) is 18.2 Å². The first-order chi connectivity index (χ1) is 14.5. The van der Waals surface area contributed by atoms with Crippen LogP contribution >= 0.6 is 0 Å². The molecular weight excluding hydrogens is 392 g/mol. The molecule has 0 spiro atoms. The zero-order valence-electron chi connectivity index (χ0n) is 16.0. The maximum absolute atomic E-state index is 14.2. The highest BCUT2D eigenvalue weighted by molar-refractivity contribution is 5.67. The highest BCUT2D eigenvalue weighted by Crippen LogP contribution is 2.26. The molecule has 0 aliphatic heterocycles. The first-order valence-corrected chi connectivity index (χ1v) is 8.96. The van der Waals surface area contributed by atoms with Gasteiger partial charge in [0, 0.05) is 12.7 Å². The Morgan fingerprint density at radius 1 is 0.967 bits per heavy atom. The number of hydrogen-bond donors (Lipinski definition) is 1. The van der Waals surface area contributed by atoms with Gasteiger partial charge in [0.05, 0.1) is 42.1 Å². The van der Waals surface area contributed by atoms with Crippen molar-refractivity contribution in [3.63, 3.8) is 0 Å². The largest absolute Gasteiger partial charge is 0.378 e. The molecule has 4 aromatic rings. The number of benzene rings is 1. The molecule has 0 bridgehead atoms. The molecule has 0 radical (unpaired) electrons. The number of nitrogens with zero attached hydrogens (tertiary/aromatic N) is 6. The molecule has 0 unspecified atom stereocenters. The normalized spacial score (nSPS) is 11.0. The van der Waals surface area contributed by atoms with E-state index in [1.165, 1.54) is 18.2 Å². The maximum atomic E-state index is 14.2. The summed E-state index contributed by atoms with van der Waals surface area (Å²) in [4.78, 5) is 12.6. The Hall–Kier alpha value is -3.79. The van der Waals surface area contributed by atoms with Crippen LogP contribution in [0.25, 0.3) is 22.6 Å². The van der Waals surface area contributed by atoms with Crippen LogP contribution in [0.4, 0.5) is 14.7 Å². The molecule has 30 heavy (non-hydrogen) atoms. The Morgan fingerprint density at radius 3 is 2.57 bits per heavy atom. The number of nitrogen functional groups attached to an aromatic ring is 1. The first-order valence-electron chi connectivity index (χ1n) is 8.96. The number of nitrogens with two attached hydrogens (primary N) is 1. The number of rotatable bonds is 6. The third-order valence-corrected chi connectivity index (χ3v) is 4.25. The van der Waals surface area contributed by atoms with E-state index in [4.69, 9.17) is 10.5 Å². The van der Waals surface area contributed by atoms with Gasteiger partial charge in [-0.15, -0.1) is 5.10 Å². The van der Waals surface area contributed by atoms with Gasteiger partial charge in [-0.25, -0.2) is 23.4 Å². The summed E-state index contributed by atoms with van der Waals surface area (Å²) in [5.41, 5.74) is 8.26. The fraction of sp³-hybridized carbons (Fsp3) is 0.150. The van der Waals surface area contributed by atoms with Crippen LogP contribution in [0.3, 0.4) is 0 Å². The van der Waals surface area contributed by atoms with Crippen molar-refractivity contribution in [1.82, 2.24) is 29.9 Å². The van der Waals surface area contributed by atoms with Crippen molar-refractivity contribution in [2.45, 2.75) is 13.2 Å². The van der Waals surface area contributed by atoms with E-state index in [1.54, 1.807) is 18.0 Å². The lowest BCUT2D eigenvalue weighted by atomic mass is 10.1. The van der Waals surface area contributed by atoms with Crippen LogP contribution in [0, 0.1) is 11.6 Å². The van der Waals surface area contributed by atoms with E-state index in [0.29, 0.717) is 24.5 Å². The van der Waals surface area contributed by atoms with Crippen molar-refractivity contribution in [2.75, 3.05) is 12.8 Å². The topological polar surface area (TPSA) is 105 Å². The van der Waals surface area contributed by atoms with E-state index in [9.17, 15) is 8.78 Å². The summed E-state index contributed by atoms with van der Waals surface area (Å²) in [6, 6.07) is 11.0. The minimum absolute atomic E-state index is 0.0168. The average molecular weight is 409 g/mol. The number of aromatic nitrogens is 6. The number of hydrogen-bond acceptors (Lipinski definition) is 7. The standard InChI is InChI=1S/C20H17F2N7O/c1-30-11-13-5-2-4-12(24-13)9-29-10-18(27-28-29)17-8-16(25-20(23)26-17)14-6-3-7-15(21)19(14)22/h2-8,10H,9,11H2,1H3,(H2,23,25,26). The second-order valence-electron chi connectivity index (χ2n) is 6.45. The third kappa shape index (κ3) is 4.13. The summed E-state index contributed by atoms with van der Waals surface area (Å²) in [6.45, 7) is 0.798. The lowest BCUT2D eigenvalue weighted by molar-refractivity contribution is 0.181. The van der Waals surface area contributed by atoms with Crippen molar-refractivity contribution < 1.29 is 13.5 Å². The second kappa shape index (κ2) is 8.29. The van der Waals surface area contributed by atoms with Gasteiger partial charge < -0.3 is 10.5 Å². The average Bonchev–Trinajstić information content (AvgIpc) is 3.19. The molecule has 0 amide bonds. The van der Waals surface area contributed by atoms with Crippen LogP contribution in [0.15, 0.2) is 48.7 Å². The summed E-state index contributed by atoms with van der Waals surface area (Å²) < 4.78 is 34.4. The Morgan fingerprint density at radius 2 is 1.73 bits per heavy atom. The van der Waals surface area contributed by atoms with Crippen LogP contribution in [0.2, 0.25) is 0 Å². The summed E-state index contributed by atoms with van der Waals surface area (Å²) in [5, 5.41) is 8.19. The van der Waals surface area contributed by atoms with Crippen molar-refractivity contribution in [3.05, 3.63) is 71.7 Å². The van der Waals surface area contributed by atoms with Gasteiger partial charge in [-0.3, -0.25) is 4.98 Å². The highest BCUT2D eigenvalue weighted by atomic mass is 19.2. The van der Waals surface area contributed by atoms with E-state index in [-0.39, 0.29) is 17.2 Å². The highest BCUT2D eigenvalue weighted by Gasteiger charge is 2.15. The smallest absolute Gasteiger partial charge is 0.221 e. The Bertz CT molecular complexity index is 1200. The van der Waals surface area contributed by atoms with Crippen LogP contribution in [-0.4, -0.2) is 37.1 Å². The minimum atomic E-state index is -1.01. The Labute approximate surface area is 170 Å². The molecule has 8 nitrogen and oxygen atoms in total. The molecule has 3 aromatic heterocycles. The van der Waals surface area contributed by atoms with Crippen molar-refractivity contribution in [3.8, 4) is 22.6 Å². The Balaban J connectivity index is 1.63. The van der Waals surface area contributed by atoms with Gasteiger partial charge in [0.1, 0.15) is 5.69 Å². The van der Waals surface area contributed by atoms with E-state index < -0.39 is 11.6 Å². The van der Waals surface area contributed by atoms with Gasteiger partial charge in [0.15, 0.2) is 11.6 Å². The van der Waals surface area contributed by atoms with Crippen molar-refractivity contribution in [1.29, 1.82) is 0 Å². The number of anilines is 1. The van der Waals surface area contributed by atoms with E-state index in [2.05, 4.69) is 25.3 Å². The molecular formula is C20H17F2N7O. The predicted molar refractivity (Wildman–Crippen MR) is 105 cm³/mol. The van der Waals surface area contributed by atoms with Gasteiger partial charge in [0.2, 0.25) is 5.95 Å². The van der Waals surface area contributed by atoms with Crippen LogP contribution in [-0.2, 0) is 17.9 Å². The third-order valence-electron chi connectivity index (χ3n) is 4.25. The minimum Gasteiger partial charge on any atom is -0.378 e. The van der Waals surface area contributed by atoms with Crippen LogP contribution in [0.1, 0.15) is 11.4 Å². The molecule has 152 valence electrons. The molecule has 0 atom stereocenters.